The van der Waals surface area contributed by atoms with E-state index in [4.69, 9.17) is 9.15 Å². The van der Waals surface area contributed by atoms with Crippen molar-refractivity contribution in [3.8, 4) is 5.75 Å². The van der Waals surface area contributed by atoms with Gasteiger partial charge in [0.1, 0.15) is 5.75 Å². The Morgan fingerprint density at radius 3 is 2.32 bits per heavy atom. The van der Waals surface area contributed by atoms with Crippen molar-refractivity contribution < 1.29 is 18.7 Å². The molecule has 0 saturated heterocycles. The standard InChI is InChI=1S/C15H14O4/c1-10(15(17)13-4-3-9-19-13)14(16)11-5-7-12(18-2)8-6-11/h3-10H,1-2H3. The van der Waals surface area contributed by atoms with Gasteiger partial charge in [-0.05, 0) is 43.3 Å². The highest BCUT2D eigenvalue weighted by Gasteiger charge is 2.25. The molecule has 1 aromatic heterocycles. The number of hydrogen-bond donors (Lipinski definition) is 0. The Kier molecular flexibility index (Phi) is 3.80. The molecule has 98 valence electrons. The lowest BCUT2D eigenvalue weighted by Gasteiger charge is -2.08. The predicted octanol–water partition coefficient (Wildman–Crippen LogP) is 2.99. The zero-order valence-corrected chi connectivity index (χ0v) is 10.8. The number of benzene rings is 1. The second-order valence-electron chi connectivity index (χ2n) is 4.16. The lowest BCUT2D eigenvalue weighted by atomic mass is 9.94. The number of Topliss-reactive ketones (excluding diaryl/α,β-unsaturated/α-hetero) is 2. The first-order valence-electron chi connectivity index (χ1n) is 5.89. The molecule has 1 aromatic carbocycles. The first-order valence-corrected chi connectivity index (χ1v) is 5.89. The Labute approximate surface area is 111 Å². The summed E-state index contributed by atoms with van der Waals surface area (Å²) in [5.74, 6) is -0.439. The molecule has 4 nitrogen and oxygen atoms in total. The van der Waals surface area contributed by atoms with Gasteiger partial charge in [-0.15, -0.1) is 0 Å². The molecule has 1 heterocycles. The maximum absolute atomic E-state index is 12.2. The van der Waals surface area contributed by atoms with Crippen LogP contribution in [-0.2, 0) is 0 Å². The van der Waals surface area contributed by atoms with Gasteiger partial charge in [0.25, 0.3) is 0 Å². The largest absolute Gasteiger partial charge is 0.497 e. The van der Waals surface area contributed by atoms with Gasteiger partial charge in [0.05, 0.1) is 19.3 Å². The van der Waals surface area contributed by atoms with Gasteiger partial charge >= 0.3 is 0 Å². The van der Waals surface area contributed by atoms with Crippen LogP contribution < -0.4 is 4.74 Å². The summed E-state index contributed by atoms with van der Waals surface area (Å²) in [6, 6.07) is 9.85. The van der Waals surface area contributed by atoms with Gasteiger partial charge in [0.15, 0.2) is 11.5 Å². The van der Waals surface area contributed by atoms with Crippen LogP contribution in [-0.4, -0.2) is 18.7 Å². The number of ether oxygens (including phenoxy) is 1. The van der Waals surface area contributed by atoms with Crippen LogP contribution in [0.1, 0.15) is 27.8 Å². The zero-order chi connectivity index (χ0) is 13.8. The minimum Gasteiger partial charge on any atom is -0.497 e. The van der Waals surface area contributed by atoms with Crippen LogP contribution in [0.15, 0.2) is 47.1 Å². The van der Waals surface area contributed by atoms with Crippen molar-refractivity contribution in [3.63, 3.8) is 0 Å². The topological polar surface area (TPSA) is 56.5 Å². The number of furan rings is 1. The molecule has 0 N–H and O–H groups in total. The molecule has 2 aromatic rings. The van der Waals surface area contributed by atoms with Gasteiger partial charge in [0, 0.05) is 5.56 Å². The molecular formula is C15H14O4. The van der Waals surface area contributed by atoms with E-state index in [1.165, 1.54) is 6.26 Å². The van der Waals surface area contributed by atoms with Crippen molar-refractivity contribution in [1.29, 1.82) is 0 Å². The molecule has 0 amide bonds. The van der Waals surface area contributed by atoms with Gasteiger partial charge in [-0.1, -0.05) is 0 Å². The van der Waals surface area contributed by atoms with Gasteiger partial charge in [-0.3, -0.25) is 9.59 Å². The van der Waals surface area contributed by atoms with Crippen molar-refractivity contribution in [2.45, 2.75) is 6.92 Å². The van der Waals surface area contributed by atoms with Crippen LogP contribution >= 0.6 is 0 Å². The molecule has 0 fully saturated rings. The van der Waals surface area contributed by atoms with E-state index in [9.17, 15) is 9.59 Å². The third kappa shape index (κ3) is 2.73. The van der Waals surface area contributed by atoms with Crippen LogP contribution in [0.5, 0.6) is 5.75 Å². The maximum atomic E-state index is 12.2. The molecule has 4 heteroatoms. The molecule has 0 bridgehead atoms. The molecule has 0 radical (unpaired) electrons. The minimum absolute atomic E-state index is 0.203. The van der Waals surface area contributed by atoms with Crippen LogP contribution in [0.25, 0.3) is 0 Å². The zero-order valence-electron chi connectivity index (χ0n) is 10.8. The lowest BCUT2D eigenvalue weighted by molar-refractivity contribution is 0.0803. The maximum Gasteiger partial charge on any atom is 0.208 e. The van der Waals surface area contributed by atoms with E-state index in [1.54, 1.807) is 50.4 Å². The smallest absolute Gasteiger partial charge is 0.208 e. The Morgan fingerprint density at radius 1 is 1.11 bits per heavy atom. The quantitative estimate of drug-likeness (QED) is 0.611. The Balaban J connectivity index is 2.16. The normalized spacial score (nSPS) is 11.9. The first-order chi connectivity index (χ1) is 9.13. The molecule has 0 saturated carbocycles. The lowest BCUT2D eigenvalue weighted by Crippen LogP contribution is -2.21. The van der Waals surface area contributed by atoms with E-state index in [-0.39, 0.29) is 17.3 Å². The molecular weight excluding hydrogens is 244 g/mol. The van der Waals surface area contributed by atoms with Crippen LogP contribution in [0, 0.1) is 5.92 Å². The third-order valence-electron chi connectivity index (χ3n) is 2.93. The fourth-order valence-corrected chi connectivity index (χ4v) is 1.76. The van der Waals surface area contributed by atoms with E-state index >= 15 is 0 Å². The minimum atomic E-state index is -0.764. The second-order valence-corrected chi connectivity index (χ2v) is 4.16. The molecule has 1 unspecified atom stereocenters. The molecule has 1 atom stereocenters. The summed E-state index contributed by atoms with van der Waals surface area (Å²) in [6.45, 7) is 1.58. The Hall–Kier alpha value is -2.36. The highest BCUT2D eigenvalue weighted by Crippen LogP contribution is 2.17. The summed E-state index contributed by atoms with van der Waals surface area (Å²) in [5, 5.41) is 0. The average molecular weight is 258 g/mol. The number of methoxy groups -OCH3 is 1. The fraction of sp³-hybridized carbons (Fsp3) is 0.200. The summed E-state index contributed by atoms with van der Waals surface area (Å²) in [7, 11) is 1.56. The second kappa shape index (κ2) is 5.52. The van der Waals surface area contributed by atoms with Crippen LogP contribution in [0.4, 0.5) is 0 Å². The summed E-state index contributed by atoms with van der Waals surface area (Å²) >= 11 is 0. The molecule has 0 aliphatic rings. The Bertz CT molecular complexity index is 567. The summed E-state index contributed by atoms with van der Waals surface area (Å²) in [5.41, 5.74) is 0.480. The highest BCUT2D eigenvalue weighted by molar-refractivity contribution is 6.14. The molecule has 19 heavy (non-hydrogen) atoms. The van der Waals surface area contributed by atoms with Crippen molar-refractivity contribution >= 4 is 11.6 Å². The van der Waals surface area contributed by atoms with E-state index in [0.29, 0.717) is 11.3 Å². The predicted molar refractivity (Wildman–Crippen MR) is 69.5 cm³/mol. The van der Waals surface area contributed by atoms with Crippen molar-refractivity contribution in [3.05, 3.63) is 54.0 Å². The highest BCUT2D eigenvalue weighted by atomic mass is 16.5. The molecule has 0 aliphatic heterocycles. The van der Waals surface area contributed by atoms with Gasteiger partial charge in [0.2, 0.25) is 5.78 Å². The van der Waals surface area contributed by atoms with Crippen molar-refractivity contribution in [2.24, 2.45) is 5.92 Å². The molecule has 0 spiro atoms. The number of carbonyl (C=O) groups excluding carboxylic acids is 2. The summed E-state index contributed by atoms with van der Waals surface area (Å²) in [4.78, 5) is 24.2. The van der Waals surface area contributed by atoms with E-state index in [0.717, 1.165) is 0 Å². The molecule has 2 rings (SSSR count). The number of hydrogen-bond acceptors (Lipinski definition) is 4. The fourth-order valence-electron chi connectivity index (χ4n) is 1.76. The van der Waals surface area contributed by atoms with Gasteiger partial charge in [-0.25, -0.2) is 0 Å². The molecule has 0 aliphatic carbocycles. The summed E-state index contributed by atoms with van der Waals surface area (Å²) in [6.07, 6.45) is 1.41. The number of ketones is 2. The van der Waals surface area contributed by atoms with Crippen LogP contribution in [0.3, 0.4) is 0 Å². The monoisotopic (exact) mass is 258 g/mol. The average Bonchev–Trinajstić information content (AvgIpc) is 2.99. The number of carbonyl (C=O) groups is 2. The van der Waals surface area contributed by atoms with Crippen LogP contribution in [0.2, 0.25) is 0 Å². The van der Waals surface area contributed by atoms with E-state index < -0.39 is 5.92 Å². The van der Waals surface area contributed by atoms with Crippen molar-refractivity contribution in [1.82, 2.24) is 0 Å². The number of rotatable bonds is 5. The Morgan fingerprint density at radius 2 is 1.79 bits per heavy atom. The third-order valence-corrected chi connectivity index (χ3v) is 2.93. The van der Waals surface area contributed by atoms with Crippen molar-refractivity contribution in [2.75, 3.05) is 7.11 Å². The summed E-state index contributed by atoms with van der Waals surface area (Å²) < 4.78 is 10.0. The van der Waals surface area contributed by atoms with E-state index in [2.05, 4.69) is 0 Å². The SMILES string of the molecule is COc1ccc(C(=O)C(C)C(=O)c2ccco2)cc1. The van der Waals surface area contributed by atoms with Gasteiger partial charge in [-0.2, -0.15) is 0 Å². The van der Waals surface area contributed by atoms with E-state index in [1.807, 2.05) is 0 Å². The van der Waals surface area contributed by atoms with Gasteiger partial charge < -0.3 is 9.15 Å². The first kappa shape index (κ1) is 13.1.